The minimum Gasteiger partial charge on any atom is -0.457 e. The first-order valence-corrected chi connectivity index (χ1v) is 11.9. The van der Waals surface area contributed by atoms with Crippen LogP contribution in [0.4, 0.5) is 30.7 Å². The molecule has 2 aromatic carbocycles. The van der Waals surface area contributed by atoms with Gasteiger partial charge in [-0.15, -0.1) is 0 Å². The highest BCUT2D eigenvalue weighted by atomic mass is 35.5. The first kappa shape index (κ1) is 30.5. The van der Waals surface area contributed by atoms with Gasteiger partial charge < -0.3 is 14.2 Å². The Morgan fingerprint density at radius 2 is 1.64 bits per heavy atom. The van der Waals surface area contributed by atoms with Crippen LogP contribution in [0.15, 0.2) is 78.4 Å². The van der Waals surface area contributed by atoms with Crippen molar-refractivity contribution in [2.24, 2.45) is 17.3 Å². The van der Waals surface area contributed by atoms with Gasteiger partial charge in [0.2, 0.25) is 0 Å². The Morgan fingerprint density at radius 1 is 1.03 bits per heavy atom. The molecule has 0 aliphatic heterocycles. The second-order valence-electron chi connectivity index (χ2n) is 9.43. The normalized spacial score (nSPS) is 20.2. The van der Waals surface area contributed by atoms with E-state index in [1.54, 1.807) is 62.4 Å². The van der Waals surface area contributed by atoms with E-state index >= 15 is 0 Å². The maximum absolute atomic E-state index is 14.1. The van der Waals surface area contributed by atoms with Crippen LogP contribution in [0.5, 0.6) is 11.5 Å². The average Bonchev–Trinajstić information content (AvgIpc) is 3.40. The fourth-order valence-electron chi connectivity index (χ4n) is 3.86. The number of rotatable bonds is 11. The van der Waals surface area contributed by atoms with E-state index in [4.69, 9.17) is 21.1 Å². The number of hydrogen-bond acceptors (Lipinski definition) is 4. The molecule has 0 aromatic heterocycles. The zero-order chi connectivity index (χ0) is 29.2. The van der Waals surface area contributed by atoms with Gasteiger partial charge in [0.25, 0.3) is 0 Å². The van der Waals surface area contributed by atoms with Gasteiger partial charge in [0, 0.05) is 5.56 Å². The third-order valence-corrected chi connectivity index (χ3v) is 6.59. The van der Waals surface area contributed by atoms with Crippen LogP contribution >= 0.6 is 11.6 Å². The molecule has 1 fully saturated rings. The first-order chi connectivity index (χ1) is 18.0. The Labute approximate surface area is 225 Å². The predicted molar refractivity (Wildman–Crippen MR) is 129 cm³/mol. The summed E-state index contributed by atoms with van der Waals surface area (Å²) in [5.74, 6) is -7.16. The molecule has 0 N–H and O–H groups in total. The molecule has 39 heavy (non-hydrogen) atoms. The molecular weight excluding hydrogens is 557 g/mol. The van der Waals surface area contributed by atoms with Gasteiger partial charge in [-0.3, -0.25) is 4.79 Å². The summed E-state index contributed by atoms with van der Waals surface area (Å²) in [5.41, 5.74) is -0.423. The molecule has 2 aromatic rings. The van der Waals surface area contributed by atoms with Crippen LogP contribution in [0.3, 0.4) is 0 Å². The summed E-state index contributed by atoms with van der Waals surface area (Å²) in [6, 6.07) is 15.6. The van der Waals surface area contributed by atoms with Crippen LogP contribution in [-0.2, 0) is 14.3 Å². The summed E-state index contributed by atoms with van der Waals surface area (Å²) >= 11 is 5.54. The van der Waals surface area contributed by atoms with Crippen LogP contribution in [0.25, 0.3) is 0 Å². The number of halogens is 8. The number of ether oxygens (including phenoxy) is 3. The summed E-state index contributed by atoms with van der Waals surface area (Å²) in [4.78, 5) is 12.9. The van der Waals surface area contributed by atoms with Crippen LogP contribution < -0.4 is 4.74 Å². The van der Waals surface area contributed by atoms with E-state index in [9.17, 15) is 35.5 Å². The quantitative estimate of drug-likeness (QED) is 0.152. The number of para-hydroxylation sites is 1. The fraction of sp³-hybridized carbons (Fsp3) is 0.370. The Kier molecular flexibility index (Phi) is 8.76. The maximum Gasteiger partial charge on any atom is 0.455 e. The Bertz CT molecular complexity index is 1210. The van der Waals surface area contributed by atoms with Crippen molar-refractivity contribution in [1.82, 2.24) is 0 Å². The molecule has 0 radical (unpaired) electrons. The van der Waals surface area contributed by atoms with Crippen molar-refractivity contribution in [2.45, 2.75) is 38.2 Å². The number of esters is 1. The van der Waals surface area contributed by atoms with Crippen molar-refractivity contribution in [2.75, 3.05) is 6.61 Å². The van der Waals surface area contributed by atoms with E-state index in [1.807, 2.05) is 6.07 Å². The molecule has 1 aliphatic rings. The van der Waals surface area contributed by atoms with Crippen molar-refractivity contribution in [1.29, 1.82) is 0 Å². The van der Waals surface area contributed by atoms with Crippen LogP contribution in [0.2, 0.25) is 0 Å². The zero-order valence-corrected chi connectivity index (χ0v) is 21.4. The van der Waals surface area contributed by atoms with Crippen molar-refractivity contribution >= 4 is 17.6 Å². The zero-order valence-electron chi connectivity index (χ0n) is 20.7. The van der Waals surface area contributed by atoms with Crippen LogP contribution in [0.1, 0.15) is 25.5 Å². The summed E-state index contributed by atoms with van der Waals surface area (Å²) in [6.07, 6.45) is -9.60. The van der Waals surface area contributed by atoms with Gasteiger partial charge in [-0.25, -0.2) is 0 Å². The van der Waals surface area contributed by atoms with Gasteiger partial charge >= 0.3 is 24.2 Å². The standard InChI is InChI=1S/C27H24ClF7O4/c1-4-20(16-9-8-12-18(13-16)38-17-10-6-5-7-11-17)39-23(36)22-19(24(22,2)3)14-21(28)26(31,32)37-15-25(29,30)27(33,34)35/h4-14,19-20,22H,1,15H2,2-3H3. The molecule has 3 unspecified atom stereocenters. The van der Waals surface area contributed by atoms with E-state index in [1.165, 1.54) is 6.08 Å². The molecule has 0 heterocycles. The Balaban J connectivity index is 1.68. The SMILES string of the molecule is C=CC(OC(=O)C1C(C=C(Cl)C(F)(F)OCC(F)(F)C(F)(F)F)C1(C)C)c1cccc(Oc2ccccc2)c1. The molecule has 0 amide bonds. The molecule has 4 nitrogen and oxygen atoms in total. The van der Waals surface area contributed by atoms with Gasteiger partial charge in [0.1, 0.15) is 29.2 Å². The van der Waals surface area contributed by atoms with Gasteiger partial charge in [0.15, 0.2) is 0 Å². The van der Waals surface area contributed by atoms with Gasteiger partial charge in [0.05, 0.1) is 5.92 Å². The summed E-state index contributed by atoms with van der Waals surface area (Å²) in [5, 5.41) is -1.43. The lowest BCUT2D eigenvalue weighted by Gasteiger charge is -2.23. The first-order valence-electron chi connectivity index (χ1n) is 11.5. The average molecular weight is 581 g/mol. The second kappa shape index (κ2) is 11.2. The summed E-state index contributed by atoms with van der Waals surface area (Å²) in [7, 11) is 0. The molecule has 1 aliphatic carbocycles. The molecule has 1 saturated carbocycles. The Morgan fingerprint density at radius 3 is 2.23 bits per heavy atom. The van der Waals surface area contributed by atoms with Crippen LogP contribution in [0, 0.1) is 17.3 Å². The smallest absolute Gasteiger partial charge is 0.455 e. The predicted octanol–water partition coefficient (Wildman–Crippen LogP) is 8.45. The van der Waals surface area contributed by atoms with Crippen molar-refractivity contribution in [3.05, 3.63) is 83.9 Å². The lowest BCUT2D eigenvalue weighted by atomic mass is 10.1. The lowest BCUT2D eigenvalue weighted by molar-refractivity contribution is -0.323. The maximum atomic E-state index is 14.1. The summed E-state index contributed by atoms with van der Waals surface area (Å²) in [6.45, 7) is 4.14. The number of hydrogen-bond donors (Lipinski definition) is 0. The fourth-order valence-corrected chi connectivity index (χ4v) is 4.05. The van der Waals surface area contributed by atoms with Crippen molar-refractivity contribution in [3.63, 3.8) is 0 Å². The van der Waals surface area contributed by atoms with Crippen LogP contribution in [-0.4, -0.2) is 30.8 Å². The van der Waals surface area contributed by atoms with Gasteiger partial charge in [-0.2, -0.15) is 30.7 Å². The topological polar surface area (TPSA) is 44.8 Å². The third kappa shape index (κ3) is 7.13. The van der Waals surface area contributed by atoms with Gasteiger partial charge in [-0.05, 0) is 41.7 Å². The van der Waals surface area contributed by atoms with E-state index in [0.29, 0.717) is 23.1 Å². The molecule has 0 spiro atoms. The molecule has 3 atom stereocenters. The van der Waals surface area contributed by atoms with Gasteiger partial charge in [-0.1, -0.05) is 68.4 Å². The molecule has 3 rings (SSSR count). The lowest BCUT2D eigenvalue weighted by Crippen LogP contribution is -2.43. The molecule has 0 saturated heterocycles. The second-order valence-corrected chi connectivity index (χ2v) is 9.84. The van der Waals surface area contributed by atoms with Crippen molar-refractivity contribution in [3.8, 4) is 11.5 Å². The third-order valence-electron chi connectivity index (χ3n) is 6.24. The van der Waals surface area contributed by atoms with E-state index in [-0.39, 0.29) is 0 Å². The largest absolute Gasteiger partial charge is 0.457 e. The molecule has 12 heteroatoms. The minimum absolute atomic E-state index is 0.458. The van der Waals surface area contributed by atoms with Crippen molar-refractivity contribution < 1.29 is 49.7 Å². The Hall–Kier alpha value is -3.05. The monoisotopic (exact) mass is 580 g/mol. The number of carbonyl (C=O) groups excluding carboxylic acids is 1. The number of alkyl halides is 7. The highest BCUT2D eigenvalue weighted by Crippen LogP contribution is 2.61. The summed E-state index contributed by atoms with van der Waals surface area (Å²) < 4.78 is 106. The number of benzene rings is 2. The number of carbonyl (C=O) groups is 1. The van der Waals surface area contributed by atoms with E-state index in [2.05, 4.69) is 11.3 Å². The highest BCUT2D eigenvalue weighted by Gasteiger charge is 2.63. The number of allylic oxidation sites excluding steroid dienone is 1. The highest BCUT2D eigenvalue weighted by molar-refractivity contribution is 6.30. The molecule has 0 bridgehead atoms. The molecular formula is C27H24ClF7O4. The van der Waals surface area contributed by atoms with E-state index in [0.717, 1.165) is 0 Å². The molecule has 212 valence electrons. The van der Waals surface area contributed by atoms with E-state index < -0.39 is 59.2 Å². The minimum atomic E-state index is -6.08.